The predicted octanol–water partition coefficient (Wildman–Crippen LogP) is 5.60. The van der Waals surface area contributed by atoms with E-state index in [0.29, 0.717) is 37.1 Å². The zero-order chi connectivity index (χ0) is 22.8. The molecule has 11 heteroatoms. The molecule has 4 aromatic rings. The number of nitrogens with zero attached hydrogens (tertiary/aromatic N) is 3. The molecule has 0 aliphatic carbocycles. The molecule has 1 amide bonds. The number of nitro groups is 1. The number of ether oxygens (including phenoxy) is 1. The Morgan fingerprint density at radius 3 is 2.48 bits per heavy atom. The number of morpholine rings is 1. The first kappa shape index (κ1) is 21.7. The highest BCUT2D eigenvalue weighted by Crippen LogP contribution is 2.42. The van der Waals surface area contributed by atoms with Gasteiger partial charge in [-0.2, -0.15) is 0 Å². The monoisotopic (exact) mass is 498 g/mol. The van der Waals surface area contributed by atoms with Crippen molar-refractivity contribution < 1.29 is 14.5 Å². The Kier molecular flexibility index (Phi) is 6.18. The lowest BCUT2D eigenvalue weighted by molar-refractivity contribution is -0.384. The fourth-order valence-electron chi connectivity index (χ4n) is 3.59. The third kappa shape index (κ3) is 4.53. The molecule has 1 fully saturated rings. The second kappa shape index (κ2) is 9.40. The standard InChI is InChI=1S/C22H18N4O4S3/c27-21(15-13-14(26(28)29)5-6-16(15)25-7-9-30-10-8-25)24-22-23-19(17-3-1-11-31-17)20(33-22)18-4-2-12-32-18/h1-6,11-13H,7-10H2,(H,23,24,27). The van der Waals surface area contributed by atoms with Gasteiger partial charge in [0.15, 0.2) is 5.13 Å². The van der Waals surface area contributed by atoms with Crippen molar-refractivity contribution in [2.24, 2.45) is 0 Å². The Labute approximate surface area is 201 Å². The number of carbonyl (C=O) groups is 1. The average Bonchev–Trinajstić information content (AvgIpc) is 3.60. The fourth-order valence-corrected chi connectivity index (χ4v) is 6.21. The topological polar surface area (TPSA) is 97.6 Å². The van der Waals surface area contributed by atoms with Crippen molar-refractivity contribution in [2.75, 3.05) is 36.5 Å². The SMILES string of the molecule is O=C(Nc1nc(-c2cccs2)c(-c2cccs2)s1)c1cc([N+](=O)[O-])ccc1N1CCOCC1. The lowest BCUT2D eigenvalue weighted by Crippen LogP contribution is -2.37. The van der Waals surface area contributed by atoms with Crippen LogP contribution >= 0.6 is 34.0 Å². The summed E-state index contributed by atoms with van der Waals surface area (Å²) in [4.78, 5) is 34.0. The molecule has 1 aliphatic rings. The van der Waals surface area contributed by atoms with Crippen LogP contribution in [0.15, 0.2) is 53.2 Å². The molecule has 8 nitrogen and oxygen atoms in total. The first-order valence-corrected chi connectivity index (χ1v) is 12.7. The van der Waals surface area contributed by atoms with Gasteiger partial charge in [0.25, 0.3) is 11.6 Å². The van der Waals surface area contributed by atoms with Gasteiger partial charge in [-0.15, -0.1) is 22.7 Å². The van der Waals surface area contributed by atoms with E-state index in [1.807, 2.05) is 39.9 Å². The third-order valence-electron chi connectivity index (χ3n) is 5.13. The number of amides is 1. The lowest BCUT2D eigenvalue weighted by Gasteiger charge is -2.30. The van der Waals surface area contributed by atoms with Crippen LogP contribution in [0.5, 0.6) is 0 Å². The Morgan fingerprint density at radius 1 is 1.09 bits per heavy atom. The number of rotatable bonds is 6. The normalized spacial score (nSPS) is 13.8. The summed E-state index contributed by atoms with van der Waals surface area (Å²) in [6.45, 7) is 2.30. The van der Waals surface area contributed by atoms with Gasteiger partial charge in [-0.25, -0.2) is 4.98 Å². The van der Waals surface area contributed by atoms with Gasteiger partial charge in [0.1, 0.15) is 5.69 Å². The largest absolute Gasteiger partial charge is 0.378 e. The number of hydrogen-bond acceptors (Lipinski definition) is 9. The molecule has 0 atom stereocenters. The van der Waals surface area contributed by atoms with E-state index in [-0.39, 0.29) is 11.3 Å². The number of nitrogens with one attached hydrogen (secondary N) is 1. The quantitative estimate of drug-likeness (QED) is 0.275. The van der Waals surface area contributed by atoms with Crippen LogP contribution in [0, 0.1) is 10.1 Å². The Bertz CT molecular complexity index is 1230. The van der Waals surface area contributed by atoms with Gasteiger partial charge in [-0.1, -0.05) is 23.5 Å². The highest BCUT2D eigenvalue weighted by molar-refractivity contribution is 7.24. The van der Waals surface area contributed by atoms with E-state index in [1.165, 1.54) is 23.5 Å². The summed E-state index contributed by atoms with van der Waals surface area (Å²) in [6, 6.07) is 12.4. The van der Waals surface area contributed by atoms with Crippen molar-refractivity contribution in [1.29, 1.82) is 0 Å². The van der Waals surface area contributed by atoms with E-state index in [4.69, 9.17) is 9.72 Å². The van der Waals surface area contributed by atoms with Gasteiger partial charge in [0, 0.05) is 30.1 Å². The summed E-state index contributed by atoms with van der Waals surface area (Å²) >= 11 is 4.59. The van der Waals surface area contributed by atoms with Crippen LogP contribution in [0.2, 0.25) is 0 Å². The summed E-state index contributed by atoms with van der Waals surface area (Å²) in [7, 11) is 0. The molecule has 33 heavy (non-hydrogen) atoms. The first-order chi connectivity index (χ1) is 16.1. The Hall–Kier alpha value is -3.12. The van der Waals surface area contributed by atoms with Crippen LogP contribution in [-0.2, 0) is 4.74 Å². The zero-order valence-electron chi connectivity index (χ0n) is 17.2. The van der Waals surface area contributed by atoms with E-state index >= 15 is 0 Å². The van der Waals surface area contributed by atoms with Crippen molar-refractivity contribution >= 4 is 56.4 Å². The van der Waals surface area contributed by atoms with E-state index in [2.05, 4.69) is 5.32 Å². The lowest BCUT2D eigenvalue weighted by atomic mass is 10.1. The molecular weight excluding hydrogens is 480 g/mol. The maximum absolute atomic E-state index is 13.3. The van der Waals surface area contributed by atoms with Gasteiger partial charge in [-0.3, -0.25) is 20.2 Å². The number of aromatic nitrogens is 1. The predicted molar refractivity (Wildman–Crippen MR) is 133 cm³/mol. The van der Waals surface area contributed by atoms with Crippen molar-refractivity contribution in [2.45, 2.75) is 0 Å². The van der Waals surface area contributed by atoms with E-state index in [1.54, 1.807) is 28.7 Å². The van der Waals surface area contributed by atoms with Crippen molar-refractivity contribution in [3.8, 4) is 20.3 Å². The number of non-ortho nitro benzene ring substituents is 1. The molecule has 0 saturated carbocycles. The summed E-state index contributed by atoms with van der Waals surface area (Å²) in [5, 5.41) is 18.7. The highest BCUT2D eigenvalue weighted by atomic mass is 32.1. The number of benzene rings is 1. The van der Waals surface area contributed by atoms with Gasteiger partial charge in [0.05, 0.1) is 39.1 Å². The number of carbonyl (C=O) groups excluding carboxylic acids is 1. The number of anilines is 2. The summed E-state index contributed by atoms with van der Waals surface area (Å²) < 4.78 is 5.41. The Balaban J connectivity index is 1.50. The number of hydrogen-bond donors (Lipinski definition) is 1. The number of thiophene rings is 2. The minimum absolute atomic E-state index is 0.130. The minimum Gasteiger partial charge on any atom is -0.378 e. The molecule has 3 aromatic heterocycles. The molecule has 168 valence electrons. The molecule has 0 bridgehead atoms. The third-order valence-corrected chi connectivity index (χ3v) is 8.03. The van der Waals surface area contributed by atoms with Gasteiger partial charge >= 0.3 is 0 Å². The van der Waals surface area contributed by atoms with Crippen molar-refractivity contribution in [3.63, 3.8) is 0 Å². The summed E-state index contributed by atoms with van der Waals surface area (Å²) in [6.07, 6.45) is 0. The second-order valence-electron chi connectivity index (χ2n) is 7.16. The molecule has 0 spiro atoms. The van der Waals surface area contributed by atoms with Crippen molar-refractivity contribution in [1.82, 2.24) is 4.98 Å². The number of nitro benzene ring substituents is 1. The highest BCUT2D eigenvalue weighted by Gasteiger charge is 2.24. The van der Waals surface area contributed by atoms with Crippen LogP contribution in [0.1, 0.15) is 10.4 Å². The van der Waals surface area contributed by atoms with Crippen LogP contribution < -0.4 is 10.2 Å². The zero-order valence-corrected chi connectivity index (χ0v) is 19.7. The van der Waals surface area contributed by atoms with Crippen LogP contribution in [0.3, 0.4) is 0 Å². The first-order valence-electron chi connectivity index (χ1n) is 10.1. The van der Waals surface area contributed by atoms with E-state index in [0.717, 1.165) is 20.3 Å². The van der Waals surface area contributed by atoms with Crippen LogP contribution in [0.25, 0.3) is 20.3 Å². The van der Waals surface area contributed by atoms with E-state index < -0.39 is 10.8 Å². The number of thiazole rings is 1. The molecule has 5 rings (SSSR count). The molecule has 4 heterocycles. The molecular formula is C22H18N4O4S3. The molecule has 1 saturated heterocycles. The average molecular weight is 499 g/mol. The van der Waals surface area contributed by atoms with Crippen LogP contribution in [-0.4, -0.2) is 42.1 Å². The summed E-state index contributed by atoms with van der Waals surface area (Å²) in [5.74, 6) is -0.426. The smallest absolute Gasteiger partial charge is 0.270 e. The molecule has 1 aliphatic heterocycles. The Morgan fingerprint density at radius 2 is 1.82 bits per heavy atom. The molecule has 1 N–H and O–H groups in total. The van der Waals surface area contributed by atoms with Gasteiger partial charge in [-0.05, 0) is 29.0 Å². The van der Waals surface area contributed by atoms with Crippen LogP contribution in [0.4, 0.5) is 16.5 Å². The van der Waals surface area contributed by atoms with E-state index in [9.17, 15) is 14.9 Å². The fraction of sp³-hybridized carbons (Fsp3) is 0.182. The van der Waals surface area contributed by atoms with Gasteiger partial charge in [0.2, 0.25) is 0 Å². The van der Waals surface area contributed by atoms with Crippen molar-refractivity contribution in [3.05, 3.63) is 68.9 Å². The van der Waals surface area contributed by atoms with Gasteiger partial charge < -0.3 is 9.64 Å². The molecule has 0 radical (unpaired) electrons. The summed E-state index contributed by atoms with van der Waals surface area (Å²) in [5.41, 5.74) is 1.58. The minimum atomic E-state index is -0.493. The maximum atomic E-state index is 13.3. The molecule has 1 aromatic carbocycles. The molecule has 0 unspecified atom stereocenters. The second-order valence-corrected chi connectivity index (χ2v) is 10.1. The maximum Gasteiger partial charge on any atom is 0.270 e.